The van der Waals surface area contributed by atoms with Crippen LogP contribution in [0.4, 0.5) is 13.2 Å². The van der Waals surface area contributed by atoms with E-state index in [0.717, 1.165) is 29.3 Å². The van der Waals surface area contributed by atoms with Gasteiger partial charge in [0.05, 0.1) is 25.0 Å². The lowest BCUT2D eigenvalue weighted by atomic mass is 10.1. The van der Waals surface area contributed by atoms with E-state index in [1.165, 1.54) is 19.2 Å². The van der Waals surface area contributed by atoms with Gasteiger partial charge in [0.2, 0.25) is 5.89 Å². The maximum Gasteiger partial charge on any atom is 0.416 e. The van der Waals surface area contributed by atoms with Crippen molar-refractivity contribution in [1.82, 2.24) is 9.88 Å². The Bertz CT molecular complexity index is 1150. The van der Waals surface area contributed by atoms with Gasteiger partial charge in [-0.3, -0.25) is 9.69 Å². The van der Waals surface area contributed by atoms with Crippen molar-refractivity contribution in [3.8, 4) is 17.2 Å². The number of rotatable bonds is 8. The predicted octanol–water partition coefficient (Wildman–Crippen LogP) is 5.34. The number of benzene rings is 2. The number of carbonyl (C=O) groups excluding carboxylic acids is 1. The molecule has 1 aliphatic rings. The van der Waals surface area contributed by atoms with Gasteiger partial charge in [0.15, 0.2) is 0 Å². The molecule has 10 heteroatoms. The van der Waals surface area contributed by atoms with E-state index in [-0.39, 0.29) is 17.9 Å². The van der Waals surface area contributed by atoms with E-state index in [1.807, 2.05) is 24.3 Å². The van der Waals surface area contributed by atoms with Gasteiger partial charge in [0.1, 0.15) is 17.6 Å². The molecule has 0 bridgehead atoms. The molecule has 4 rings (SSSR count). The number of ether oxygens (including phenoxy) is 2. The van der Waals surface area contributed by atoms with Crippen LogP contribution < -0.4 is 4.74 Å². The number of alkyl halides is 3. The molecule has 1 atom stereocenters. The first kappa shape index (κ1) is 25.1. The summed E-state index contributed by atoms with van der Waals surface area (Å²) in [4.78, 5) is 18.4. The number of esters is 1. The lowest BCUT2D eigenvalue weighted by molar-refractivity contribution is -0.145. The number of aryl methyl sites for hydroxylation is 1. The van der Waals surface area contributed by atoms with Crippen molar-refractivity contribution >= 4 is 17.7 Å². The van der Waals surface area contributed by atoms with Crippen LogP contribution in [0, 0.1) is 6.92 Å². The molecule has 0 amide bonds. The number of oxazole rings is 1. The van der Waals surface area contributed by atoms with E-state index in [2.05, 4.69) is 9.88 Å². The normalized spacial score (nSPS) is 16.4. The Labute approximate surface area is 205 Å². The van der Waals surface area contributed by atoms with Crippen LogP contribution in [0.5, 0.6) is 5.75 Å². The summed E-state index contributed by atoms with van der Waals surface area (Å²) in [5, 5.41) is 0. The average Bonchev–Trinajstić information content (AvgIpc) is 3.46. The van der Waals surface area contributed by atoms with Crippen molar-refractivity contribution in [3.63, 3.8) is 0 Å². The number of methoxy groups -OCH3 is 1. The fraction of sp³-hybridized carbons (Fsp3) is 0.360. The molecule has 1 aromatic heterocycles. The molecular formula is C25H25F3N2O4S. The third-order valence-electron chi connectivity index (χ3n) is 5.72. The summed E-state index contributed by atoms with van der Waals surface area (Å²) in [6.45, 7) is 2.78. The van der Waals surface area contributed by atoms with Gasteiger partial charge in [-0.05, 0) is 48.9 Å². The second kappa shape index (κ2) is 10.7. The molecule has 35 heavy (non-hydrogen) atoms. The molecule has 0 radical (unpaired) electrons. The number of aromatic nitrogens is 1. The fourth-order valence-corrected chi connectivity index (χ4v) is 4.94. The monoisotopic (exact) mass is 506 g/mol. The molecule has 1 aliphatic heterocycles. The molecule has 0 aliphatic carbocycles. The second-order valence-corrected chi connectivity index (χ2v) is 9.12. The maximum atomic E-state index is 12.8. The average molecular weight is 507 g/mol. The van der Waals surface area contributed by atoms with Crippen molar-refractivity contribution in [2.24, 2.45) is 0 Å². The lowest BCUT2D eigenvalue weighted by Gasteiger charge is -2.21. The zero-order chi connectivity index (χ0) is 25.0. The van der Waals surface area contributed by atoms with E-state index in [1.54, 1.807) is 18.7 Å². The SMILES string of the molecule is COC(=O)C1CSCN1Cc1ccc(OCCc2nc(-c3ccc(C(F)(F)F)cc3)oc2C)cc1. The molecule has 186 valence electrons. The van der Waals surface area contributed by atoms with Gasteiger partial charge in [0.25, 0.3) is 0 Å². The summed E-state index contributed by atoms with van der Waals surface area (Å²) in [6.07, 6.45) is -3.89. The zero-order valence-corrected chi connectivity index (χ0v) is 20.1. The first-order chi connectivity index (χ1) is 16.7. The van der Waals surface area contributed by atoms with Gasteiger partial charge in [-0.25, -0.2) is 4.98 Å². The highest BCUT2D eigenvalue weighted by Gasteiger charge is 2.32. The highest BCUT2D eigenvalue weighted by atomic mass is 32.2. The smallest absolute Gasteiger partial charge is 0.416 e. The summed E-state index contributed by atoms with van der Waals surface area (Å²) < 4.78 is 54.7. The van der Waals surface area contributed by atoms with Gasteiger partial charge >= 0.3 is 12.1 Å². The molecule has 1 fully saturated rings. The standard InChI is InChI=1S/C25H25F3N2O4S/c1-16-21(29-23(34-16)18-5-7-19(8-6-18)25(26,27)28)11-12-33-20-9-3-17(4-10-20)13-30-15-35-14-22(30)24(31)32-2/h3-10,22H,11-15H2,1-2H3. The Balaban J connectivity index is 1.30. The minimum absolute atomic E-state index is 0.209. The van der Waals surface area contributed by atoms with Crippen LogP contribution in [0.3, 0.4) is 0 Å². The number of nitrogens with zero attached hydrogens (tertiary/aromatic N) is 2. The third-order valence-corrected chi connectivity index (χ3v) is 6.78. The first-order valence-corrected chi connectivity index (χ1v) is 12.2. The van der Waals surface area contributed by atoms with Crippen molar-refractivity contribution in [1.29, 1.82) is 0 Å². The molecule has 2 heterocycles. The highest BCUT2D eigenvalue weighted by Crippen LogP contribution is 2.31. The Morgan fingerprint density at radius 3 is 2.54 bits per heavy atom. The molecule has 1 saturated heterocycles. The quantitative estimate of drug-likeness (QED) is 0.382. The van der Waals surface area contributed by atoms with E-state index >= 15 is 0 Å². The molecule has 1 unspecified atom stereocenters. The van der Waals surface area contributed by atoms with E-state index < -0.39 is 11.7 Å². The molecule has 0 saturated carbocycles. The van der Waals surface area contributed by atoms with Gasteiger partial charge in [-0.1, -0.05) is 12.1 Å². The number of carbonyl (C=O) groups is 1. The van der Waals surface area contributed by atoms with Crippen molar-refractivity contribution in [3.05, 3.63) is 71.1 Å². The van der Waals surface area contributed by atoms with Crippen molar-refractivity contribution in [2.75, 3.05) is 25.3 Å². The molecule has 2 aromatic carbocycles. The lowest BCUT2D eigenvalue weighted by Crippen LogP contribution is -2.38. The van der Waals surface area contributed by atoms with Gasteiger partial charge < -0.3 is 13.9 Å². The Kier molecular flexibility index (Phi) is 7.71. The summed E-state index contributed by atoms with van der Waals surface area (Å²) in [6, 6.07) is 12.2. The fourth-order valence-electron chi connectivity index (χ4n) is 3.76. The topological polar surface area (TPSA) is 64.8 Å². The number of thioether (sulfide) groups is 1. The number of hydrogen-bond acceptors (Lipinski definition) is 7. The van der Waals surface area contributed by atoms with Gasteiger partial charge in [-0.15, -0.1) is 11.8 Å². The van der Waals surface area contributed by atoms with Crippen LogP contribution in [0.15, 0.2) is 52.9 Å². The molecule has 0 spiro atoms. The summed E-state index contributed by atoms with van der Waals surface area (Å²) in [5.74, 6) is 2.89. The van der Waals surface area contributed by atoms with Crippen LogP contribution in [-0.2, 0) is 28.7 Å². The number of halogens is 3. The van der Waals surface area contributed by atoms with E-state index in [4.69, 9.17) is 13.9 Å². The molecule has 3 aromatic rings. The Morgan fingerprint density at radius 2 is 1.89 bits per heavy atom. The van der Waals surface area contributed by atoms with Crippen LogP contribution in [0.2, 0.25) is 0 Å². The minimum atomic E-state index is -4.38. The predicted molar refractivity (Wildman–Crippen MR) is 126 cm³/mol. The highest BCUT2D eigenvalue weighted by molar-refractivity contribution is 7.99. The summed E-state index contributed by atoms with van der Waals surface area (Å²) in [7, 11) is 1.41. The van der Waals surface area contributed by atoms with Crippen molar-refractivity contribution in [2.45, 2.75) is 32.1 Å². The van der Waals surface area contributed by atoms with Gasteiger partial charge in [-0.2, -0.15) is 13.2 Å². The summed E-state index contributed by atoms with van der Waals surface area (Å²) in [5.41, 5.74) is 1.53. The van der Waals surface area contributed by atoms with E-state index in [9.17, 15) is 18.0 Å². The largest absolute Gasteiger partial charge is 0.493 e. The Hall–Kier alpha value is -2.98. The van der Waals surface area contributed by atoms with Crippen molar-refractivity contribution < 1.29 is 31.9 Å². The molecule has 0 N–H and O–H groups in total. The van der Waals surface area contributed by atoms with Crippen LogP contribution in [-0.4, -0.2) is 47.2 Å². The van der Waals surface area contributed by atoms with E-state index in [0.29, 0.717) is 42.3 Å². The van der Waals surface area contributed by atoms with Crippen LogP contribution in [0.25, 0.3) is 11.5 Å². The molecular weight excluding hydrogens is 481 g/mol. The van der Waals surface area contributed by atoms with Gasteiger partial charge in [0, 0.05) is 30.2 Å². The number of hydrogen-bond donors (Lipinski definition) is 0. The zero-order valence-electron chi connectivity index (χ0n) is 19.3. The van der Waals surface area contributed by atoms with Crippen LogP contribution >= 0.6 is 11.8 Å². The second-order valence-electron chi connectivity index (χ2n) is 8.13. The summed E-state index contributed by atoms with van der Waals surface area (Å²) >= 11 is 1.71. The Morgan fingerprint density at radius 1 is 1.17 bits per heavy atom. The minimum Gasteiger partial charge on any atom is -0.493 e. The maximum absolute atomic E-state index is 12.8. The van der Waals surface area contributed by atoms with Crippen LogP contribution in [0.1, 0.15) is 22.6 Å². The molecule has 6 nitrogen and oxygen atoms in total. The third kappa shape index (κ3) is 6.18. The first-order valence-electron chi connectivity index (χ1n) is 11.0.